The number of nitrogens with one attached hydrogen (secondary N) is 2. The third-order valence-corrected chi connectivity index (χ3v) is 5.86. The second-order valence-corrected chi connectivity index (χ2v) is 7.87. The van der Waals surface area contributed by atoms with Crippen molar-refractivity contribution in [2.75, 3.05) is 19.8 Å². The van der Waals surface area contributed by atoms with Gasteiger partial charge in [-0.25, -0.2) is 4.79 Å². The Kier molecular flexibility index (Phi) is 5.65. The van der Waals surface area contributed by atoms with Crippen LogP contribution in [0.15, 0.2) is 48.5 Å². The molecular weight excluding hydrogens is 400 g/mol. The number of rotatable bonds is 6. The lowest BCUT2D eigenvalue weighted by Gasteiger charge is -2.28. The van der Waals surface area contributed by atoms with Crippen LogP contribution in [0.5, 0.6) is 0 Å². The lowest BCUT2D eigenvalue weighted by atomic mass is 9.97. The number of hydrogen-bond donors (Lipinski definition) is 3. The number of aliphatic carboxylic acids is 1. The van der Waals surface area contributed by atoms with E-state index in [0.717, 1.165) is 22.3 Å². The monoisotopic (exact) mass is 424 g/mol. The number of carbonyl (C=O) groups excluding carboxylic acids is 2. The molecule has 162 valence electrons. The predicted molar refractivity (Wildman–Crippen MR) is 112 cm³/mol. The van der Waals surface area contributed by atoms with Crippen LogP contribution in [0.4, 0.5) is 4.79 Å². The minimum atomic E-state index is -1.35. The standard InChI is InChI=1S/C23H24N2O6/c1-14(20(26)27)24-21(28)23(10-11-30-13-23)25-22(29)31-12-19-17-8-4-2-6-15(17)16-7-3-5-9-18(16)19/h2-9,14,19H,10-13H2,1H3,(H,24,28)(H,25,29)(H,26,27)/t14-,23?/m1/s1. The van der Waals surface area contributed by atoms with Gasteiger partial charge in [0.1, 0.15) is 18.2 Å². The maximum atomic E-state index is 12.7. The molecule has 1 unspecified atom stereocenters. The smallest absolute Gasteiger partial charge is 0.408 e. The minimum Gasteiger partial charge on any atom is -0.480 e. The average Bonchev–Trinajstić information content (AvgIpc) is 3.36. The highest BCUT2D eigenvalue weighted by molar-refractivity contribution is 5.93. The minimum absolute atomic E-state index is 0.0463. The maximum absolute atomic E-state index is 12.7. The highest BCUT2D eigenvalue weighted by Gasteiger charge is 2.45. The molecule has 2 aromatic carbocycles. The number of hydrogen-bond acceptors (Lipinski definition) is 5. The highest BCUT2D eigenvalue weighted by atomic mass is 16.6. The van der Waals surface area contributed by atoms with Crippen LogP contribution >= 0.6 is 0 Å². The SMILES string of the molecule is C[C@@H](NC(=O)C1(NC(=O)OCC2c3ccccc3-c3ccccc32)CCOC1)C(=O)O. The summed E-state index contributed by atoms with van der Waals surface area (Å²) < 4.78 is 10.8. The maximum Gasteiger partial charge on any atom is 0.408 e. The molecule has 2 atom stereocenters. The first-order chi connectivity index (χ1) is 14.9. The molecule has 1 saturated heterocycles. The molecule has 8 nitrogen and oxygen atoms in total. The zero-order valence-electron chi connectivity index (χ0n) is 17.1. The van der Waals surface area contributed by atoms with E-state index in [1.54, 1.807) is 0 Å². The van der Waals surface area contributed by atoms with Crippen molar-refractivity contribution in [3.05, 3.63) is 59.7 Å². The van der Waals surface area contributed by atoms with Gasteiger partial charge in [-0.2, -0.15) is 0 Å². The number of fused-ring (bicyclic) bond motifs is 3. The Morgan fingerprint density at radius 2 is 1.74 bits per heavy atom. The fraction of sp³-hybridized carbons (Fsp3) is 0.348. The first-order valence-electron chi connectivity index (χ1n) is 10.2. The summed E-state index contributed by atoms with van der Waals surface area (Å²) in [4.78, 5) is 36.4. The summed E-state index contributed by atoms with van der Waals surface area (Å²) in [6, 6.07) is 14.9. The lowest BCUT2D eigenvalue weighted by molar-refractivity contribution is -0.142. The molecule has 1 aliphatic heterocycles. The van der Waals surface area contributed by atoms with Crippen LogP contribution in [0.3, 0.4) is 0 Å². The molecule has 4 rings (SSSR count). The summed E-state index contributed by atoms with van der Waals surface area (Å²) in [5, 5.41) is 14.1. The van der Waals surface area contributed by atoms with Gasteiger partial charge in [0.05, 0.1) is 6.61 Å². The fourth-order valence-corrected chi connectivity index (χ4v) is 4.13. The molecule has 1 aliphatic carbocycles. The van der Waals surface area contributed by atoms with Crippen LogP contribution in [-0.2, 0) is 19.1 Å². The molecule has 1 fully saturated rings. The Labute approximate surface area is 179 Å². The van der Waals surface area contributed by atoms with Crippen molar-refractivity contribution in [3.63, 3.8) is 0 Å². The summed E-state index contributed by atoms with van der Waals surface area (Å²) in [5.41, 5.74) is 3.06. The predicted octanol–water partition coefficient (Wildman–Crippen LogP) is 2.27. The molecule has 0 spiro atoms. The van der Waals surface area contributed by atoms with Gasteiger partial charge in [-0.15, -0.1) is 0 Å². The third kappa shape index (κ3) is 3.98. The van der Waals surface area contributed by atoms with E-state index in [1.165, 1.54) is 6.92 Å². The van der Waals surface area contributed by atoms with E-state index in [9.17, 15) is 14.4 Å². The van der Waals surface area contributed by atoms with Crippen LogP contribution in [0.25, 0.3) is 11.1 Å². The average molecular weight is 424 g/mol. The Hall–Kier alpha value is -3.39. The third-order valence-electron chi connectivity index (χ3n) is 5.86. The normalized spacial score (nSPS) is 20.4. The molecule has 0 saturated carbocycles. The Morgan fingerprint density at radius 3 is 2.29 bits per heavy atom. The number of benzene rings is 2. The number of amides is 2. The van der Waals surface area contributed by atoms with Gasteiger partial charge in [0.25, 0.3) is 0 Å². The van der Waals surface area contributed by atoms with Gasteiger partial charge in [0.15, 0.2) is 0 Å². The zero-order chi connectivity index (χ0) is 22.0. The second kappa shape index (κ2) is 8.39. The van der Waals surface area contributed by atoms with E-state index < -0.39 is 29.6 Å². The van der Waals surface area contributed by atoms with Crippen molar-refractivity contribution in [1.82, 2.24) is 10.6 Å². The molecule has 1 heterocycles. The van der Waals surface area contributed by atoms with Gasteiger partial charge in [-0.05, 0) is 29.2 Å². The Morgan fingerprint density at radius 1 is 1.13 bits per heavy atom. The van der Waals surface area contributed by atoms with Gasteiger partial charge < -0.3 is 25.2 Å². The summed E-state index contributed by atoms with van der Waals surface area (Å²) in [6.07, 6.45) is -0.513. The number of alkyl carbamates (subject to hydrolysis) is 1. The van der Waals surface area contributed by atoms with Gasteiger partial charge in [-0.1, -0.05) is 48.5 Å². The Bertz CT molecular complexity index is 969. The van der Waals surface area contributed by atoms with Crippen LogP contribution < -0.4 is 10.6 Å². The van der Waals surface area contributed by atoms with E-state index in [1.807, 2.05) is 48.5 Å². The largest absolute Gasteiger partial charge is 0.480 e. The molecule has 3 N–H and O–H groups in total. The van der Waals surface area contributed by atoms with Crippen LogP contribution in [-0.4, -0.2) is 54.5 Å². The van der Waals surface area contributed by atoms with Crippen molar-refractivity contribution in [2.45, 2.75) is 30.8 Å². The van der Waals surface area contributed by atoms with Gasteiger partial charge in [0.2, 0.25) is 5.91 Å². The second-order valence-electron chi connectivity index (χ2n) is 7.87. The first-order valence-corrected chi connectivity index (χ1v) is 10.2. The molecule has 2 aliphatic rings. The number of ether oxygens (including phenoxy) is 2. The van der Waals surface area contributed by atoms with Crippen molar-refractivity contribution in [2.24, 2.45) is 0 Å². The summed E-state index contributed by atoms with van der Waals surface area (Å²) in [5.74, 6) is -1.87. The molecule has 31 heavy (non-hydrogen) atoms. The highest BCUT2D eigenvalue weighted by Crippen LogP contribution is 2.44. The molecular formula is C23H24N2O6. The van der Waals surface area contributed by atoms with E-state index in [-0.39, 0.29) is 32.2 Å². The fourth-order valence-electron chi connectivity index (χ4n) is 4.13. The van der Waals surface area contributed by atoms with Gasteiger partial charge >= 0.3 is 12.1 Å². The van der Waals surface area contributed by atoms with Crippen molar-refractivity contribution in [1.29, 1.82) is 0 Å². The van der Waals surface area contributed by atoms with Gasteiger partial charge in [-0.3, -0.25) is 9.59 Å². The lowest BCUT2D eigenvalue weighted by Crippen LogP contribution is -2.61. The van der Waals surface area contributed by atoms with Crippen molar-refractivity contribution >= 4 is 18.0 Å². The van der Waals surface area contributed by atoms with Crippen LogP contribution in [0, 0.1) is 0 Å². The van der Waals surface area contributed by atoms with E-state index in [2.05, 4.69) is 10.6 Å². The summed E-state index contributed by atoms with van der Waals surface area (Å²) in [7, 11) is 0. The zero-order valence-corrected chi connectivity index (χ0v) is 17.1. The Balaban J connectivity index is 1.45. The van der Waals surface area contributed by atoms with Crippen molar-refractivity contribution in [3.8, 4) is 11.1 Å². The molecule has 2 aromatic rings. The summed E-state index contributed by atoms with van der Waals surface area (Å²) >= 11 is 0. The molecule has 0 aromatic heterocycles. The van der Waals surface area contributed by atoms with Gasteiger partial charge in [0, 0.05) is 18.9 Å². The quantitative estimate of drug-likeness (QED) is 0.656. The summed E-state index contributed by atoms with van der Waals surface area (Å²) in [6.45, 7) is 1.70. The molecule has 0 radical (unpaired) electrons. The topological polar surface area (TPSA) is 114 Å². The molecule has 0 bridgehead atoms. The number of carboxylic acids is 1. The van der Waals surface area contributed by atoms with E-state index in [0.29, 0.717) is 0 Å². The van der Waals surface area contributed by atoms with Crippen LogP contribution in [0.1, 0.15) is 30.4 Å². The van der Waals surface area contributed by atoms with Crippen LogP contribution in [0.2, 0.25) is 0 Å². The van der Waals surface area contributed by atoms with Crippen molar-refractivity contribution < 1.29 is 29.0 Å². The van der Waals surface area contributed by atoms with E-state index >= 15 is 0 Å². The molecule has 8 heteroatoms. The van der Waals surface area contributed by atoms with E-state index in [4.69, 9.17) is 14.6 Å². The number of carbonyl (C=O) groups is 3. The molecule has 2 amide bonds. The first kappa shape index (κ1) is 20.9. The number of carboxylic acid groups (broad SMARTS) is 1.